The molecule has 118 valence electrons. The molecule has 0 saturated carbocycles. The Morgan fingerprint density at radius 3 is 2.91 bits per heavy atom. The lowest BCUT2D eigenvalue weighted by Gasteiger charge is -2.13. The Morgan fingerprint density at radius 1 is 1.30 bits per heavy atom. The number of carbonyl (C=O) groups is 1. The van der Waals surface area contributed by atoms with Gasteiger partial charge in [0, 0.05) is 5.02 Å². The Labute approximate surface area is 143 Å². The van der Waals surface area contributed by atoms with Gasteiger partial charge in [-0.05, 0) is 49.7 Å². The summed E-state index contributed by atoms with van der Waals surface area (Å²) in [5.41, 5.74) is 2.04. The van der Waals surface area contributed by atoms with E-state index in [2.05, 4.69) is 16.4 Å². The van der Waals surface area contributed by atoms with Crippen molar-refractivity contribution in [1.82, 2.24) is 4.98 Å². The highest BCUT2D eigenvalue weighted by atomic mass is 35.5. The fraction of sp³-hybridized carbons (Fsp3) is 0.176. The van der Waals surface area contributed by atoms with E-state index in [1.165, 1.54) is 11.3 Å². The van der Waals surface area contributed by atoms with Crippen molar-refractivity contribution in [1.29, 1.82) is 0 Å². The van der Waals surface area contributed by atoms with Crippen LogP contribution in [-0.4, -0.2) is 17.0 Å². The van der Waals surface area contributed by atoms with Crippen molar-refractivity contribution in [3.05, 3.63) is 53.1 Å². The molecule has 0 aliphatic heterocycles. The number of carbonyl (C=O) groups excluding carboxylic acids is 1. The molecule has 0 radical (unpaired) electrons. The minimum absolute atomic E-state index is 0.249. The van der Waals surface area contributed by atoms with Gasteiger partial charge in [-0.25, -0.2) is 4.98 Å². The summed E-state index contributed by atoms with van der Waals surface area (Å²) < 4.78 is 6.65. The van der Waals surface area contributed by atoms with Crippen LogP contribution in [0.15, 0.2) is 42.5 Å². The molecule has 0 unspecified atom stereocenters. The van der Waals surface area contributed by atoms with Gasteiger partial charge in [-0.15, -0.1) is 0 Å². The average Bonchev–Trinajstić information content (AvgIpc) is 2.88. The number of fused-ring (bicyclic) bond motifs is 1. The van der Waals surface area contributed by atoms with Crippen molar-refractivity contribution < 1.29 is 9.53 Å². The summed E-state index contributed by atoms with van der Waals surface area (Å²) >= 11 is 7.35. The molecule has 2 aromatic carbocycles. The van der Waals surface area contributed by atoms with Crippen LogP contribution in [0.25, 0.3) is 10.2 Å². The van der Waals surface area contributed by atoms with E-state index >= 15 is 0 Å². The molecule has 4 nitrogen and oxygen atoms in total. The quantitative estimate of drug-likeness (QED) is 0.747. The number of rotatable bonds is 4. The number of hydrogen-bond acceptors (Lipinski definition) is 4. The third kappa shape index (κ3) is 3.81. The lowest BCUT2D eigenvalue weighted by atomic mass is 10.2. The zero-order valence-corrected chi connectivity index (χ0v) is 14.2. The second-order valence-corrected chi connectivity index (χ2v) is 6.66. The van der Waals surface area contributed by atoms with Gasteiger partial charge < -0.3 is 4.74 Å². The van der Waals surface area contributed by atoms with E-state index in [1.807, 2.05) is 19.1 Å². The summed E-state index contributed by atoms with van der Waals surface area (Å²) in [6.45, 7) is 3.71. The summed E-state index contributed by atoms with van der Waals surface area (Å²) in [5.74, 6) is 0.306. The van der Waals surface area contributed by atoms with Crippen LogP contribution in [0.1, 0.15) is 12.5 Å². The van der Waals surface area contributed by atoms with Gasteiger partial charge in [-0.3, -0.25) is 10.1 Å². The van der Waals surface area contributed by atoms with E-state index < -0.39 is 6.10 Å². The summed E-state index contributed by atoms with van der Waals surface area (Å²) in [6, 6.07) is 13.0. The normalized spacial score (nSPS) is 12.1. The Hall–Kier alpha value is -2.11. The highest BCUT2D eigenvalue weighted by Crippen LogP contribution is 2.27. The fourth-order valence-corrected chi connectivity index (χ4v) is 3.24. The first-order chi connectivity index (χ1) is 11.0. The minimum atomic E-state index is -0.651. The number of amides is 1. The van der Waals surface area contributed by atoms with Gasteiger partial charge in [0.05, 0.1) is 10.2 Å². The number of nitrogens with one attached hydrogen (secondary N) is 1. The summed E-state index contributed by atoms with van der Waals surface area (Å²) in [7, 11) is 0. The van der Waals surface area contributed by atoms with Crippen molar-refractivity contribution >= 4 is 44.2 Å². The summed E-state index contributed by atoms with van der Waals surface area (Å²) in [6.07, 6.45) is -0.651. The molecule has 1 aromatic heterocycles. The molecule has 0 bridgehead atoms. The van der Waals surface area contributed by atoms with E-state index in [-0.39, 0.29) is 5.91 Å². The maximum Gasteiger partial charge on any atom is 0.266 e. The molecular formula is C17H15ClN2O2S. The summed E-state index contributed by atoms with van der Waals surface area (Å²) in [5, 5.41) is 3.93. The van der Waals surface area contributed by atoms with E-state index in [4.69, 9.17) is 16.3 Å². The second kappa shape index (κ2) is 6.56. The monoisotopic (exact) mass is 346 g/mol. The van der Waals surface area contributed by atoms with Gasteiger partial charge in [-0.2, -0.15) is 0 Å². The van der Waals surface area contributed by atoms with E-state index in [0.29, 0.717) is 15.9 Å². The molecule has 3 aromatic rings. The van der Waals surface area contributed by atoms with Gasteiger partial charge in [-0.1, -0.05) is 35.1 Å². The highest BCUT2D eigenvalue weighted by Gasteiger charge is 2.17. The number of halogens is 1. The number of benzene rings is 2. The van der Waals surface area contributed by atoms with Gasteiger partial charge in [0.25, 0.3) is 5.91 Å². The van der Waals surface area contributed by atoms with Crippen molar-refractivity contribution in [2.75, 3.05) is 5.32 Å². The largest absolute Gasteiger partial charge is 0.481 e. The zero-order chi connectivity index (χ0) is 16.4. The lowest BCUT2D eigenvalue weighted by Crippen LogP contribution is -2.30. The van der Waals surface area contributed by atoms with Crippen molar-refractivity contribution in [3.8, 4) is 5.75 Å². The first-order valence-electron chi connectivity index (χ1n) is 7.11. The third-order valence-electron chi connectivity index (χ3n) is 3.25. The number of anilines is 1. The third-order valence-corrected chi connectivity index (χ3v) is 4.42. The molecule has 1 amide bonds. The van der Waals surface area contributed by atoms with E-state index in [0.717, 1.165) is 15.8 Å². The maximum atomic E-state index is 12.2. The molecule has 1 atom stereocenters. The summed E-state index contributed by atoms with van der Waals surface area (Å²) in [4.78, 5) is 16.7. The van der Waals surface area contributed by atoms with Crippen LogP contribution in [0.2, 0.25) is 5.02 Å². The minimum Gasteiger partial charge on any atom is -0.481 e. The first kappa shape index (κ1) is 15.8. The number of aromatic nitrogens is 1. The fourth-order valence-electron chi connectivity index (χ4n) is 2.09. The second-order valence-electron chi connectivity index (χ2n) is 5.20. The van der Waals surface area contributed by atoms with Gasteiger partial charge in [0.2, 0.25) is 0 Å². The maximum absolute atomic E-state index is 12.2. The molecule has 6 heteroatoms. The zero-order valence-electron chi connectivity index (χ0n) is 12.7. The van der Waals surface area contributed by atoms with Crippen LogP contribution >= 0.6 is 22.9 Å². The highest BCUT2D eigenvalue weighted by molar-refractivity contribution is 7.22. The van der Waals surface area contributed by atoms with Crippen LogP contribution in [0, 0.1) is 6.92 Å². The Kier molecular flexibility index (Phi) is 4.50. The van der Waals surface area contributed by atoms with Crippen molar-refractivity contribution in [3.63, 3.8) is 0 Å². The van der Waals surface area contributed by atoms with Gasteiger partial charge in [0.15, 0.2) is 11.2 Å². The van der Waals surface area contributed by atoms with Crippen LogP contribution in [-0.2, 0) is 4.79 Å². The van der Waals surface area contributed by atoms with Crippen LogP contribution in [0.5, 0.6) is 5.75 Å². The topological polar surface area (TPSA) is 51.2 Å². The number of nitrogens with zero attached hydrogens (tertiary/aromatic N) is 1. The molecule has 3 rings (SSSR count). The molecule has 0 aliphatic rings. The molecule has 23 heavy (non-hydrogen) atoms. The predicted molar refractivity (Wildman–Crippen MR) is 94.5 cm³/mol. The Morgan fingerprint density at radius 2 is 2.13 bits per heavy atom. The van der Waals surface area contributed by atoms with Gasteiger partial charge in [0.1, 0.15) is 5.75 Å². The number of aryl methyl sites for hydroxylation is 1. The molecule has 1 N–H and O–H groups in total. The van der Waals surface area contributed by atoms with Crippen LogP contribution < -0.4 is 10.1 Å². The molecule has 1 heterocycles. The predicted octanol–water partition coefficient (Wildman–Crippen LogP) is 4.66. The smallest absolute Gasteiger partial charge is 0.266 e. The number of ether oxygens (including phenoxy) is 1. The van der Waals surface area contributed by atoms with Crippen LogP contribution in [0.3, 0.4) is 0 Å². The molecule has 0 aliphatic carbocycles. The molecule has 0 spiro atoms. The first-order valence-corrected chi connectivity index (χ1v) is 8.31. The molecular weight excluding hydrogens is 332 g/mol. The standard InChI is InChI=1S/C17H15ClN2O2S/c1-10-6-7-14-15(8-10)23-17(19-14)20-16(21)11(2)22-13-5-3-4-12(18)9-13/h3-9,11H,1-2H3,(H,19,20,21)/t11-/m0/s1. The van der Waals surface area contributed by atoms with Crippen molar-refractivity contribution in [2.45, 2.75) is 20.0 Å². The van der Waals surface area contributed by atoms with Crippen molar-refractivity contribution in [2.24, 2.45) is 0 Å². The number of hydrogen-bond donors (Lipinski definition) is 1. The Balaban J connectivity index is 1.69. The lowest BCUT2D eigenvalue weighted by molar-refractivity contribution is -0.122. The molecule has 0 saturated heterocycles. The van der Waals surface area contributed by atoms with Crippen LogP contribution in [0.4, 0.5) is 5.13 Å². The number of thiazole rings is 1. The molecule has 0 fully saturated rings. The van der Waals surface area contributed by atoms with E-state index in [9.17, 15) is 4.79 Å². The average molecular weight is 347 g/mol. The van der Waals surface area contributed by atoms with E-state index in [1.54, 1.807) is 31.2 Å². The SMILES string of the molecule is Cc1ccc2nc(NC(=O)[C@H](C)Oc3cccc(Cl)c3)sc2c1. The Bertz CT molecular complexity index is 863. The van der Waals surface area contributed by atoms with Gasteiger partial charge >= 0.3 is 0 Å².